The van der Waals surface area contributed by atoms with Gasteiger partial charge in [0, 0.05) is 24.0 Å². The molecule has 3 aromatic rings. The Morgan fingerprint density at radius 3 is 2.42 bits per heavy atom. The second kappa shape index (κ2) is 10.9. The smallest absolute Gasteiger partial charge is 0.230 e. The van der Waals surface area contributed by atoms with E-state index < -0.39 is 5.41 Å². The third-order valence-electron chi connectivity index (χ3n) is 9.31. The Labute approximate surface area is 228 Å². The first-order valence-corrected chi connectivity index (χ1v) is 14.2. The van der Waals surface area contributed by atoms with Gasteiger partial charge in [0.15, 0.2) is 0 Å². The summed E-state index contributed by atoms with van der Waals surface area (Å²) in [5, 5.41) is 13.9. The lowest BCUT2D eigenvalue weighted by molar-refractivity contribution is -0.127. The molecule has 4 nitrogen and oxygen atoms in total. The Morgan fingerprint density at radius 1 is 1.00 bits per heavy atom. The van der Waals surface area contributed by atoms with Crippen LogP contribution in [0.3, 0.4) is 0 Å². The number of aryl methyl sites for hydroxylation is 1. The molecule has 2 fully saturated rings. The Morgan fingerprint density at radius 2 is 1.71 bits per heavy atom. The monoisotopic (exact) mass is 510 g/mol. The van der Waals surface area contributed by atoms with E-state index >= 15 is 0 Å². The molecule has 0 radical (unpaired) electrons. The molecule has 1 aliphatic carbocycles. The Bertz CT molecular complexity index is 1230. The zero-order valence-electron chi connectivity index (χ0n) is 23.1. The van der Waals surface area contributed by atoms with E-state index in [1.54, 1.807) is 6.07 Å². The molecular weight excluding hydrogens is 468 g/mol. The third-order valence-corrected chi connectivity index (χ3v) is 9.31. The van der Waals surface area contributed by atoms with Gasteiger partial charge in [-0.25, -0.2) is 0 Å². The third kappa shape index (κ3) is 5.37. The lowest BCUT2D eigenvalue weighted by Gasteiger charge is -2.57. The van der Waals surface area contributed by atoms with Gasteiger partial charge in [0.1, 0.15) is 5.75 Å². The maximum atomic E-state index is 13.7. The van der Waals surface area contributed by atoms with Crippen molar-refractivity contribution in [1.82, 2.24) is 10.2 Å². The molecule has 5 rings (SSSR count). The Balaban J connectivity index is 1.37. The molecule has 1 heterocycles. The summed E-state index contributed by atoms with van der Waals surface area (Å²) in [7, 11) is 0. The van der Waals surface area contributed by atoms with E-state index in [0.29, 0.717) is 17.7 Å². The first-order valence-electron chi connectivity index (χ1n) is 14.2. The Hall–Kier alpha value is -3.11. The van der Waals surface area contributed by atoms with Crippen molar-refractivity contribution in [3.63, 3.8) is 0 Å². The number of hydrogen-bond donors (Lipinski definition) is 2. The predicted octanol–water partition coefficient (Wildman–Crippen LogP) is 6.23. The molecule has 38 heavy (non-hydrogen) atoms. The van der Waals surface area contributed by atoms with Gasteiger partial charge in [0.2, 0.25) is 5.91 Å². The topological polar surface area (TPSA) is 52.6 Å². The van der Waals surface area contributed by atoms with Crippen LogP contribution in [0.5, 0.6) is 5.75 Å². The average molecular weight is 511 g/mol. The number of benzene rings is 3. The average Bonchev–Trinajstić information content (AvgIpc) is 2.92. The molecule has 0 unspecified atom stereocenters. The number of carbonyl (C=O) groups is 1. The maximum Gasteiger partial charge on any atom is 0.230 e. The highest BCUT2D eigenvalue weighted by atomic mass is 16.3. The van der Waals surface area contributed by atoms with Gasteiger partial charge in [-0.05, 0) is 87.2 Å². The highest BCUT2D eigenvalue weighted by Crippen LogP contribution is 2.50. The fourth-order valence-electron chi connectivity index (χ4n) is 7.00. The van der Waals surface area contributed by atoms with Crippen molar-refractivity contribution >= 4 is 5.91 Å². The highest BCUT2D eigenvalue weighted by Gasteiger charge is 2.51. The van der Waals surface area contributed by atoms with Crippen LogP contribution in [0.15, 0.2) is 84.9 Å². The first-order chi connectivity index (χ1) is 18.3. The van der Waals surface area contributed by atoms with Crippen LogP contribution in [-0.2, 0) is 22.0 Å². The standard InChI is InChI=1S/C34H42N2O2/c1-25-24-36(19-11-14-26-12-6-4-7-13-26)30-21-29(22-34(25,23-30)28-17-10-18-31(37)20-28)35-32(38)33(2,3)27-15-8-5-9-16-27/h4-10,12-13,15-18,20,25,29-30,37H,11,14,19,21-24H2,1-3H3,(H,35,38)/t25-,29+,30+,34+/m0/s1. The van der Waals surface area contributed by atoms with Crippen LogP contribution in [0.1, 0.15) is 63.1 Å². The van der Waals surface area contributed by atoms with Crippen LogP contribution in [0.2, 0.25) is 0 Å². The molecule has 200 valence electrons. The van der Waals surface area contributed by atoms with Crippen LogP contribution >= 0.6 is 0 Å². The number of phenols is 1. The summed E-state index contributed by atoms with van der Waals surface area (Å²) in [6, 6.07) is 29.2. The molecule has 2 bridgehead atoms. The fraction of sp³-hybridized carbons (Fsp3) is 0.441. The minimum Gasteiger partial charge on any atom is -0.508 e. The molecule has 0 aromatic heterocycles. The highest BCUT2D eigenvalue weighted by molar-refractivity contribution is 5.87. The molecule has 3 aromatic carbocycles. The van der Waals surface area contributed by atoms with Gasteiger partial charge in [-0.15, -0.1) is 0 Å². The SMILES string of the molecule is C[C@H]1CN(CCCc2ccccc2)[C@@H]2C[C@@H](NC(=O)C(C)(C)c3ccccc3)C[C@@]1(c1cccc(O)c1)C2. The number of rotatable bonds is 8. The second-order valence-electron chi connectivity index (χ2n) is 12.2. The van der Waals surface area contributed by atoms with Crippen molar-refractivity contribution in [2.45, 2.75) is 75.8 Å². The van der Waals surface area contributed by atoms with Crippen LogP contribution in [0, 0.1) is 5.92 Å². The zero-order valence-corrected chi connectivity index (χ0v) is 23.1. The van der Waals surface area contributed by atoms with Crippen molar-refractivity contribution in [3.8, 4) is 5.75 Å². The van der Waals surface area contributed by atoms with Gasteiger partial charge in [-0.1, -0.05) is 79.7 Å². The van der Waals surface area contributed by atoms with Crippen molar-refractivity contribution in [1.29, 1.82) is 0 Å². The number of carbonyl (C=O) groups excluding carboxylic acids is 1. The first kappa shape index (κ1) is 26.5. The van der Waals surface area contributed by atoms with Crippen molar-refractivity contribution in [2.24, 2.45) is 5.92 Å². The number of phenolic OH excluding ortho intramolecular Hbond substituents is 1. The van der Waals surface area contributed by atoms with Gasteiger partial charge in [-0.2, -0.15) is 0 Å². The summed E-state index contributed by atoms with van der Waals surface area (Å²) in [6.07, 6.45) is 5.15. The Kier molecular flexibility index (Phi) is 7.63. The van der Waals surface area contributed by atoms with Crippen molar-refractivity contribution < 1.29 is 9.90 Å². The molecular formula is C34H42N2O2. The number of nitrogens with zero attached hydrogens (tertiary/aromatic N) is 1. The molecule has 4 heteroatoms. The lowest BCUT2D eigenvalue weighted by Crippen LogP contribution is -2.62. The van der Waals surface area contributed by atoms with Crippen molar-refractivity contribution in [3.05, 3.63) is 102 Å². The molecule has 2 aliphatic rings. The van der Waals surface area contributed by atoms with Crippen LogP contribution in [-0.4, -0.2) is 41.1 Å². The maximum absolute atomic E-state index is 13.7. The van der Waals surface area contributed by atoms with E-state index in [-0.39, 0.29) is 17.4 Å². The summed E-state index contributed by atoms with van der Waals surface area (Å²) >= 11 is 0. The van der Waals surface area contributed by atoms with E-state index in [9.17, 15) is 9.90 Å². The molecule has 1 aliphatic heterocycles. The molecule has 0 spiro atoms. The normalized spacial score (nSPS) is 25.6. The molecule has 1 saturated heterocycles. The second-order valence-corrected chi connectivity index (χ2v) is 12.2. The zero-order chi connectivity index (χ0) is 26.8. The van der Waals surface area contributed by atoms with E-state index in [1.165, 1.54) is 11.1 Å². The van der Waals surface area contributed by atoms with E-state index in [4.69, 9.17) is 0 Å². The molecule has 2 N–H and O–H groups in total. The molecule has 1 amide bonds. The van der Waals surface area contributed by atoms with Gasteiger partial charge < -0.3 is 10.4 Å². The van der Waals surface area contributed by atoms with E-state index in [1.807, 2.05) is 56.3 Å². The summed E-state index contributed by atoms with van der Waals surface area (Å²) in [6.45, 7) is 8.51. The van der Waals surface area contributed by atoms with Gasteiger partial charge in [0.25, 0.3) is 0 Å². The van der Waals surface area contributed by atoms with Gasteiger partial charge >= 0.3 is 0 Å². The number of amides is 1. The number of nitrogens with one attached hydrogen (secondary N) is 1. The van der Waals surface area contributed by atoms with Crippen LogP contribution < -0.4 is 5.32 Å². The number of likely N-dealkylation sites (tertiary alicyclic amines) is 1. The summed E-state index contributed by atoms with van der Waals surface area (Å²) in [5.74, 6) is 0.824. The van der Waals surface area contributed by atoms with Crippen LogP contribution in [0.4, 0.5) is 0 Å². The number of fused-ring (bicyclic) bond motifs is 2. The van der Waals surface area contributed by atoms with Gasteiger partial charge in [-0.3, -0.25) is 9.69 Å². The minimum absolute atomic E-state index is 0.0631. The van der Waals surface area contributed by atoms with Gasteiger partial charge in [0.05, 0.1) is 5.41 Å². The summed E-state index contributed by atoms with van der Waals surface area (Å²) in [4.78, 5) is 16.4. The minimum atomic E-state index is -0.604. The number of hydrogen-bond acceptors (Lipinski definition) is 3. The summed E-state index contributed by atoms with van der Waals surface area (Å²) < 4.78 is 0. The van der Waals surface area contributed by atoms with Crippen LogP contribution in [0.25, 0.3) is 0 Å². The predicted molar refractivity (Wildman–Crippen MR) is 154 cm³/mol. The molecule has 1 saturated carbocycles. The number of piperidine rings is 1. The van der Waals surface area contributed by atoms with E-state index in [0.717, 1.165) is 50.8 Å². The molecule has 4 atom stereocenters. The lowest BCUT2D eigenvalue weighted by atomic mass is 9.57. The fourth-order valence-corrected chi connectivity index (χ4v) is 7.00. The van der Waals surface area contributed by atoms with Crippen molar-refractivity contribution in [2.75, 3.05) is 13.1 Å². The quantitative estimate of drug-likeness (QED) is 0.378. The summed E-state index contributed by atoms with van der Waals surface area (Å²) in [5.41, 5.74) is 2.97. The largest absolute Gasteiger partial charge is 0.508 e. The van der Waals surface area contributed by atoms with E-state index in [2.05, 4.69) is 53.5 Å². The number of aromatic hydroxyl groups is 1.